The Balaban J connectivity index is 3.89. The second kappa shape index (κ2) is 31.8. The zero-order valence-electron chi connectivity index (χ0n) is 29.5. The van der Waals surface area contributed by atoms with Gasteiger partial charge in [-0.3, -0.25) is 4.79 Å². The minimum Gasteiger partial charge on any atom is -0.481 e. The van der Waals surface area contributed by atoms with Crippen LogP contribution in [0.15, 0.2) is 0 Å². The quantitative estimate of drug-likeness (QED) is 0.0742. The predicted octanol–water partition coefficient (Wildman–Crippen LogP) is 13.6. The van der Waals surface area contributed by atoms with Crippen molar-refractivity contribution in [2.24, 2.45) is 5.92 Å². The van der Waals surface area contributed by atoms with E-state index >= 15 is 0 Å². The standard InChI is InChI=1S/C39H78O3/c1-5-8-10-12-14-16-18-19-20-21-22-23-25-27-29-31-33-37(38(40)41)34-36-39(7-3,42-4)35-32-30-28-26-24-17-15-13-11-9-6-2/h37H,5-36H2,1-4H3,(H,40,41). The van der Waals surface area contributed by atoms with Crippen LogP contribution in [0.5, 0.6) is 0 Å². The number of carbonyl (C=O) groups is 1. The second-order valence-corrected chi connectivity index (χ2v) is 13.7. The third-order valence-electron chi connectivity index (χ3n) is 10.0. The monoisotopic (exact) mass is 595 g/mol. The Kier molecular flexibility index (Phi) is 31.4. The molecule has 0 aliphatic carbocycles. The van der Waals surface area contributed by atoms with E-state index in [1.165, 1.54) is 167 Å². The fourth-order valence-corrected chi connectivity index (χ4v) is 6.71. The summed E-state index contributed by atoms with van der Waals surface area (Å²) in [5.74, 6) is -0.818. The molecule has 3 nitrogen and oxygen atoms in total. The highest BCUT2D eigenvalue weighted by molar-refractivity contribution is 5.69. The first-order chi connectivity index (χ1) is 20.5. The van der Waals surface area contributed by atoms with E-state index in [4.69, 9.17) is 4.74 Å². The van der Waals surface area contributed by atoms with Gasteiger partial charge in [-0.05, 0) is 32.1 Å². The number of aliphatic carboxylic acids is 1. The lowest BCUT2D eigenvalue weighted by atomic mass is 9.84. The van der Waals surface area contributed by atoms with E-state index in [0.29, 0.717) is 0 Å². The normalized spacial score (nSPS) is 13.8. The SMILES string of the molecule is CCCCCCCCCCCCCCCCCCC(CCC(CC)(CCCCCCCCCCCCC)OC)C(=O)O. The fraction of sp³-hybridized carbons (Fsp3) is 0.974. The maximum Gasteiger partial charge on any atom is 0.306 e. The predicted molar refractivity (Wildman–Crippen MR) is 186 cm³/mol. The molecular weight excluding hydrogens is 516 g/mol. The lowest BCUT2D eigenvalue weighted by Gasteiger charge is -2.32. The molecule has 0 radical (unpaired) electrons. The molecule has 0 bridgehead atoms. The Morgan fingerprint density at radius 2 is 0.833 bits per heavy atom. The molecule has 0 saturated carbocycles. The summed E-state index contributed by atoms with van der Waals surface area (Å²) in [6.45, 7) is 6.78. The number of hydrogen-bond acceptors (Lipinski definition) is 2. The van der Waals surface area contributed by atoms with E-state index < -0.39 is 5.97 Å². The zero-order valence-corrected chi connectivity index (χ0v) is 29.5. The average molecular weight is 595 g/mol. The van der Waals surface area contributed by atoms with E-state index in [-0.39, 0.29) is 11.5 Å². The number of methoxy groups -OCH3 is 1. The molecule has 0 heterocycles. The number of carboxylic acid groups (broad SMARTS) is 1. The van der Waals surface area contributed by atoms with Gasteiger partial charge in [0.05, 0.1) is 11.5 Å². The van der Waals surface area contributed by atoms with E-state index in [2.05, 4.69) is 20.8 Å². The van der Waals surface area contributed by atoms with Crippen molar-refractivity contribution in [1.29, 1.82) is 0 Å². The summed E-state index contributed by atoms with van der Waals surface area (Å²) in [6, 6.07) is 0. The van der Waals surface area contributed by atoms with Crippen LogP contribution in [0, 0.1) is 5.92 Å². The first-order valence-electron chi connectivity index (χ1n) is 19.3. The third kappa shape index (κ3) is 25.9. The first-order valence-corrected chi connectivity index (χ1v) is 19.3. The number of rotatable bonds is 35. The van der Waals surface area contributed by atoms with Gasteiger partial charge >= 0.3 is 5.97 Å². The average Bonchev–Trinajstić information content (AvgIpc) is 2.99. The molecule has 0 aromatic heterocycles. The molecule has 0 saturated heterocycles. The van der Waals surface area contributed by atoms with Crippen molar-refractivity contribution in [3.05, 3.63) is 0 Å². The number of hydrogen-bond donors (Lipinski definition) is 1. The molecule has 0 spiro atoms. The molecule has 0 aliphatic rings. The summed E-state index contributed by atoms with van der Waals surface area (Å²) in [6.07, 6.45) is 41.1. The number of unbranched alkanes of at least 4 members (excludes halogenated alkanes) is 25. The molecule has 0 aromatic rings. The molecule has 252 valence electrons. The fourth-order valence-electron chi connectivity index (χ4n) is 6.71. The van der Waals surface area contributed by atoms with Crippen LogP contribution < -0.4 is 0 Å². The minimum atomic E-state index is -0.605. The van der Waals surface area contributed by atoms with E-state index in [1.54, 1.807) is 0 Å². The molecule has 0 rings (SSSR count). The summed E-state index contributed by atoms with van der Waals surface area (Å²) in [7, 11) is 1.84. The molecule has 42 heavy (non-hydrogen) atoms. The Morgan fingerprint density at radius 1 is 0.500 bits per heavy atom. The summed E-state index contributed by atoms with van der Waals surface area (Å²) >= 11 is 0. The molecule has 3 heteroatoms. The summed E-state index contributed by atoms with van der Waals surface area (Å²) in [4.78, 5) is 12.0. The van der Waals surface area contributed by atoms with Gasteiger partial charge < -0.3 is 9.84 Å². The zero-order chi connectivity index (χ0) is 31.0. The van der Waals surface area contributed by atoms with Crippen molar-refractivity contribution in [3.63, 3.8) is 0 Å². The topological polar surface area (TPSA) is 46.5 Å². The molecule has 0 aliphatic heterocycles. The van der Waals surface area contributed by atoms with Crippen molar-refractivity contribution < 1.29 is 14.6 Å². The highest BCUT2D eigenvalue weighted by atomic mass is 16.5. The minimum absolute atomic E-state index is 0.137. The lowest BCUT2D eigenvalue weighted by Crippen LogP contribution is -2.32. The smallest absolute Gasteiger partial charge is 0.306 e. The van der Waals surface area contributed by atoms with Crippen LogP contribution in [0.1, 0.15) is 226 Å². The van der Waals surface area contributed by atoms with E-state index in [0.717, 1.165) is 38.5 Å². The van der Waals surface area contributed by atoms with Gasteiger partial charge in [0.1, 0.15) is 0 Å². The van der Waals surface area contributed by atoms with E-state index in [9.17, 15) is 9.90 Å². The van der Waals surface area contributed by atoms with Crippen LogP contribution in [-0.4, -0.2) is 23.8 Å². The van der Waals surface area contributed by atoms with Gasteiger partial charge in [0.15, 0.2) is 0 Å². The van der Waals surface area contributed by atoms with Gasteiger partial charge in [-0.1, -0.05) is 194 Å². The van der Waals surface area contributed by atoms with Crippen LogP contribution in [0.2, 0.25) is 0 Å². The first kappa shape index (κ1) is 41.4. The van der Waals surface area contributed by atoms with Crippen LogP contribution in [-0.2, 0) is 9.53 Å². The Bertz CT molecular complexity index is 542. The third-order valence-corrected chi connectivity index (χ3v) is 10.0. The van der Waals surface area contributed by atoms with Crippen LogP contribution >= 0.6 is 0 Å². The van der Waals surface area contributed by atoms with Crippen molar-refractivity contribution in [3.8, 4) is 0 Å². The van der Waals surface area contributed by atoms with Crippen molar-refractivity contribution >= 4 is 5.97 Å². The molecule has 2 unspecified atom stereocenters. The highest BCUT2D eigenvalue weighted by Gasteiger charge is 2.29. The summed E-state index contributed by atoms with van der Waals surface area (Å²) in [5.41, 5.74) is -0.137. The Hall–Kier alpha value is -0.570. The van der Waals surface area contributed by atoms with Gasteiger partial charge in [-0.25, -0.2) is 0 Å². The van der Waals surface area contributed by atoms with Crippen LogP contribution in [0.3, 0.4) is 0 Å². The molecule has 1 N–H and O–H groups in total. The Labute approximate surface area is 265 Å². The van der Waals surface area contributed by atoms with Crippen LogP contribution in [0.4, 0.5) is 0 Å². The lowest BCUT2D eigenvalue weighted by molar-refractivity contribution is -0.142. The summed E-state index contributed by atoms with van der Waals surface area (Å²) < 4.78 is 6.05. The molecule has 0 aromatic carbocycles. The van der Waals surface area contributed by atoms with Crippen molar-refractivity contribution in [1.82, 2.24) is 0 Å². The molecule has 2 atom stereocenters. The van der Waals surface area contributed by atoms with Gasteiger partial charge in [0.25, 0.3) is 0 Å². The largest absolute Gasteiger partial charge is 0.481 e. The molecular formula is C39H78O3. The van der Waals surface area contributed by atoms with Crippen molar-refractivity contribution in [2.45, 2.75) is 232 Å². The number of carboxylic acids is 1. The maximum absolute atomic E-state index is 12.0. The van der Waals surface area contributed by atoms with Crippen molar-refractivity contribution in [2.75, 3.05) is 7.11 Å². The second-order valence-electron chi connectivity index (χ2n) is 13.7. The Morgan fingerprint density at radius 3 is 1.14 bits per heavy atom. The van der Waals surface area contributed by atoms with Gasteiger partial charge in [0.2, 0.25) is 0 Å². The van der Waals surface area contributed by atoms with Gasteiger partial charge in [0, 0.05) is 7.11 Å². The number of ether oxygens (including phenoxy) is 1. The van der Waals surface area contributed by atoms with Crippen LogP contribution in [0.25, 0.3) is 0 Å². The van der Waals surface area contributed by atoms with Gasteiger partial charge in [-0.2, -0.15) is 0 Å². The maximum atomic E-state index is 12.0. The van der Waals surface area contributed by atoms with Gasteiger partial charge in [-0.15, -0.1) is 0 Å². The van der Waals surface area contributed by atoms with E-state index in [1.807, 2.05) is 7.11 Å². The molecule has 0 fully saturated rings. The highest BCUT2D eigenvalue weighted by Crippen LogP contribution is 2.31. The molecule has 0 amide bonds. The summed E-state index contributed by atoms with van der Waals surface area (Å²) in [5, 5.41) is 9.88.